The summed E-state index contributed by atoms with van der Waals surface area (Å²) in [4.78, 5) is 9.04. The Morgan fingerprint density at radius 1 is 1.00 bits per heavy atom. The Morgan fingerprint density at radius 3 is 2.14 bits per heavy atom. The highest BCUT2D eigenvalue weighted by atomic mass is 19.4. The minimum Gasteiger partial charge on any atom is -0.495 e. The van der Waals surface area contributed by atoms with Crippen LogP contribution in [-0.4, -0.2) is 24.7 Å². The number of nitrogens with zero attached hydrogens (tertiary/aromatic N) is 3. The molecule has 1 aromatic rings. The molecule has 0 atom stereocenters. The Morgan fingerprint density at radius 2 is 1.62 bits per heavy atom. The number of hydrogen-bond acceptors (Lipinski definition) is 6. The number of rotatable bonds is 2. The lowest BCUT2D eigenvalue weighted by molar-refractivity contribution is -0.142. The van der Waals surface area contributed by atoms with E-state index in [1.54, 1.807) is 0 Å². The largest absolute Gasteiger partial charge is 0.495 e. The maximum absolute atomic E-state index is 13.9. The number of hydrogen-bond donors (Lipinski definition) is 2. The van der Waals surface area contributed by atoms with Gasteiger partial charge in [-0.1, -0.05) is 6.42 Å². The third-order valence-electron chi connectivity index (χ3n) is 5.00. The summed E-state index contributed by atoms with van der Waals surface area (Å²) < 4.78 is 86.1. The van der Waals surface area contributed by atoms with Gasteiger partial charge in [0, 0.05) is 0 Å². The van der Waals surface area contributed by atoms with Crippen molar-refractivity contribution in [3.8, 4) is 5.75 Å². The molecule has 1 spiro atoms. The second-order valence-corrected chi connectivity index (χ2v) is 6.89. The second-order valence-electron chi connectivity index (χ2n) is 6.89. The van der Waals surface area contributed by atoms with Crippen LogP contribution in [0.1, 0.15) is 43.2 Å². The van der Waals surface area contributed by atoms with Crippen LogP contribution in [0.25, 0.3) is 0 Å². The molecule has 1 heterocycles. The number of halogens is 6. The average Bonchev–Trinajstić information content (AvgIpc) is 2.59. The molecule has 1 aromatic carbocycles. The second kappa shape index (κ2) is 6.99. The Hall–Kier alpha value is -2.66. The summed E-state index contributed by atoms with van der Waals surface area (Å²) in [5.74, 6) is -1.21. The van der Waals surface area contributed by atoms with Crippen LogP contribution < -0.4 is 21.1 Å². The van der Waals surface area contributed by atoms with Crippen LogP contribution in [-0.2, 0) is 12.4 Å². The zero-order valence-electron chi connectivity index (χ0n) is 15.4. The van der Waals surface area contributed by atoms with Gasteiger partial charge in [0.25, 0.3) is 0 Å². The molecule has 1 aliphatic heterocycles. The van der Waals surface area contributed by atoms with Crippen molar-refractivity contribution in [2.45, 2.75) is 50.1 Å². The number of aliphatic imine (C=N–C) groups is 2. The summed E-state index contributed by atoms with van der Waals surface area (Å²) in [7, 11) is 0.988. The van der Waals surface area contributed by atoms with Crippen molar-refractivity contribution in [3.05, 3.63) is 23.3 Å². The van der Waals surface area contributed by atoms with Gasteiger partial charge in [-0.25, -0.2) is 4.99 Å². The molecule has 1 saturated carbocycles. The normalized spacial score (nSPS) is 19.8. The van der Waals surface area contributed by atoms with E-state index >= 15 is 0 Å². The van der Waals surface area contributed by atoms with E-state index in [4.69, 9.17) is 16.2 Å². The van der Waals surface area contributed by atoms with Gasteiger partial charge in [0.1, 0.15) is 17.1 Å². The average molecular weight is 423 g/mol. The van der Waals surface area contributed by atoms with Gasteiger partial charge in [0.2, 0.25) is 11.9 Å². The van der Waals surface area contributed by atoms with Gasteiger partial charge >= 0.3 is 12.4 Å². The molecule has 0 amide bonds. The van der Waals surface area contributed by atoms with Gasteiger partial charge in [0.05, 0.1) is 18.2 Å². The standard InChI is InChI=1S/C17H19F6N5O/c1-29-11-8-9(16(18,19)20)7-10(17(21,22)23)12(11)28-14(25)26-13(24)27-15(28)5-3-2-4-6-15/h7-8H,2-6H2,1H3,(H4,24,25,26,27). The molecule has 160 valence electrons. The van der Waals surface area contributed by atoms with E-state index < -0.39 is 40.6 Å². The SMILES string of the molecule is COc1cc(C(F)(F)F)cc(C(F)(F)F)c1N1C(N)=NC(N)=NC12CCCCC2. The first kappa shape index (κ1) is 21.1. The maximum Gasteiger partial charge on any atom is 0.418 e. The number of anilines is 1. The van der Waals surface area contributed by atoms with Crippen LogP contribution in [0.4, 0.5) is 32.0 Å². The fraction of sp³-hybridized carbons (Fsp3) is 0.529. The van der Waals surface area contributed by atoms with Gasteiger partial charge in [-0.15, -0.1) is 0 Å². The van der Waals surface area contributed by atoms with E-state index in [0.29, 0.717) is 31.7 Å². The van der Waals surface area contributed by atoms with Gasteiger partial charge < -0.3 is 16.2 Å². The number of alkyl halides is 6. The van der Waals surface area contributed by atoms with Crippen molar-refractivity contribution < 1.29 is 31.1 Å². The van der Waals surface area contributed by atoms with Crippen LogP contribution in [0.15, 0.2) is 22.1 Å². The predicted molar refractivity (Wildman–Crippen MR) is 94.5 cm³/mol. The molecule has 0 radical (unpaired) electrons. The third kappa shape index (κ3) is 3.79. The molecule has 0 bridgehead atoms. The minimum atomic E-state index is -5.12. The fourth-order valence-corrected chi connectivity index (χ4v) is 3.82. The van der Waals surface area contributed by atoms with Crippen molar-refractivity contribution in [1.29, 1.82) is 0 Å². The Bertz CT molecular complexity index is 855. The van der Waals surface area contributed by atoms with Gasteiger partial charge in [-0.2, -0.15) is 31.3 Å². The van der Waals surface area contributed by atoms with Crippen LogP contribution in [0.2, 0.25) is 0 Å². The molecule has 6 nitrogen and oxygen atoms in total. The summed E-state index contributed by atoms with van der Waals surface area (Å²) in [5, 5.41) is 0. The highest BCUT2D eigenvalue weighted by Gasteiger charge is 2.49. The van der Waals surface area contributed by atoms with Gasteiger partial charge in [-0.05, 0) is 37.8 Å². The first-order valence-electron chi connectivity index (χ1n) is 8.75. The van der Waals surface area contributed by atoms with E-state index in [1.165, 1.54) is 0 Å². The van der Waals surface area contributed by atoms with Gasteiger partial charge in [0.15, 0.2) is 0 Å². The van der Waals surface area contributed by atoms with E-state index in [-0.39, 0.29) is 18.0 Å². The number of guanidine groups is 2. The molecule has 29 heavy (non-hydrogen) atoms. The molecule has 3 rings (SSSR count). The van der Waals surface area contributed by atoms with Crippen LogP contribution in [0.3, 0.4) is 0 Å². The Labute approximate surface area is 162 Å². The lowest BCUT2D eigenvalue weighted by atomic mass is 9.86. The molecule has 0 unspecified atom stereocenters. The molecular formula is C17H19F6N5O. The number of nitrogens with two attached hydrogens (primary N) is 2. The monoisotopic (exact) mass is 423 g/mol. The van der Waals surface area contributed by atoms with Crippen LogP contribution in [0.5, 0.6) is 5.75 Å². The molecular weight excluding hydrogens is 404 g/mol. The fourth-order valence-electron chi connectivity index (χ4n) is 3.82. The van der Waals surface area contributed by atoms with E-state index in [9.17, 15) is 26.3 Å². The van der Waals surface area contributed by atoms with Crippen LogP contribution in [0, 0.1) is 0 Å². The predicted octanol–water partition coefficient (Wildman–Crippen LogP) is 3.84. The maximum atomic E-state index is 13.9. The summed E-state index contributed by atoms with van der Waals surface area (Å²) >= 11 is 0. The minimum absolute atomic E-state index is 0.0450. The molecule has 2 aliphatic rings. The summed E-state index contributed by atoms with van der Waals surface area (Å²) in [6.07, 6.45) is -7.41. The number of benzene rings is 1. The molecule has 1 aliphatic carbocycles. The topological polar surface area (TPSA) is 89.2 Å². The molecule has 12 heteroatoms. The van der Waals surface area contributed by atoms with E-state index in [1.807, 2.05) is 0 Å². The van der Waals surface area contributed by atoms with E-state index in [2.05, 4.69) is 9.98 Å². The first-order valence-corrected chi connectivity index (χ1v) is 8.75. The molecule has 0 aromatic heterocycles. The summed E-state index contributed by atoms with van der Waals surface area (Å²) in [5.41, 5.74) is 6.67. The lowest BCUT2D eigenvalue weighted by Crippen LogP contribution is -2.58. The Kier molecular flexibility index (Phi) is 5.08. The van der Waals surface area contributed by atoms with Crippen molar-refractivity contribution in [2.75, 3.05) is 12.0 Å². The molecule has 0 saturated heterocycles. The Balaban J connectivity index is 2.32. The number of methoxy groups -OCH3 is 1. The highest BCUT2D eigenvalue weighted by molar-refractivity contribution is 6.07. The smallest absolute Gasteiger partial charge is 0.418 e. The van der Waals surface area contributed by atoms with Crippen molar-refractivity contribution in [1.82, 2.24) is 0 Å². The molecule has 1 fully saturated rings. The van der Waals surface area contributed by atoms with E-state index in [0.717, 1.165) is 18.4 Å². The van der Waals surface area contributed by atoms with Gasteiger partial charge in [-0.3, -0.25) is 4.90 Å². The van der Waals surface area contributed by atoms with Crippen molar-refractivity contribution in [3.63, 3.8) is 0 Å². The summed E-state index contributed by atoms with van der Waals surface area (Å²) in [6, 6.07) is 0.555. The van der Waals surface area contributed by atoms with Crippen molar-refractivity contribution >= 4 is 17.6 Å². The molecule has 4 N–H and O–H groups in total. The summed E-state index contributed by atoms with van der Waals surface area (Å²) in [6.45, 7) is 0. The lowest BCUT2D eigenvalue weighted by Gasteiger charge is -2.46. The quantitative estimate of drug-likeness (QED) is 0.708. The zero-order chi connectivity index (χ0) is 21.6. The number of ether oxygens (including phenoxy) is 1. The van der Waals surface area contributed by atoms with Crippen molar-refractivity contribution in [2.24, 2.45) is 21.5 Å². The first-order chi connectivity index (χ1) is 13.4. The zero-order valence-corrected chi connectivity index (χ0v) is 15.4. The van der Waals surface area contributed by atoms with Crippen LogP contribution >= 0.6 is 0 Å². The highest BCUT2D eigenvalue weighted by Crippen LogP contribution is 2.50. The third-order valence-corrected chi connectivity index (χ3v) is 5.00.